The molecule has 1 rings (SSSR count). The molecule has 1 aromatic rings. The smallest absolute Gasteiger partial charge is 0.441 e. The first-order chi connectivity index (χ1) is 7.92. The zero-order valence-corrected chi connectivity index (χ0v) is 10.1. The van der Waals surface area contributed by atoms with E-state index in [9.17, 15) is 13.2 Å². The zero-order chi connectivity index (χ0) is 12.9. The van der Waals surface area contributed by atoms with Gasteiger partial charge in [-0.15, -0.1) is 0 Å². The Kier molecular flexibility index (Phi) is 5.14. The number of ether oxygens (including phenoxy) is 1. The van der Waals surface area contributed by atoms with Crippen LogP contribution >= 0.6 is 11.8 Å². The molecule has 0 saturated carbocycles. The first kappa shape index (κ1) is 14.2. The van der Waals surface area contributed by atoms with Crippen LogP contribution in [0.1, 0.15) is 11.1 Å². The molecule has 0 aliphatic carbocycles. The van der Waals surface area contributed by atoms with E-state index in [-0.39, 0.29) is 30.7 Å². The third-order valence-electron chi connectivity index (χ3n) is 1.99. The Hall–Kier alpha value is -0.880. The molecule has 0 aromatic heterocycles. The van der Waals surface area contributed by atoms with Crippen LogP contribution in [-0.2, 0) is 6.61 Å². The van der Waals surface area contributed by atoms with Crippen molar-refractivity contribution in [3.8, 4) is 5.75 Å². The summed E-state index contributed by atoms with van der Waals surface area (Å²) in [4.78, 5) is 0. The summed E-state index contributed by atoms with van der Waals surface area (Å²) in [7, 11) is 0. The predicted octanol–water partition coefficient (Wildman–Crippen LogP) is 3.12. The van der Waals surface area contributed by atoms with Gasteiger partial charge >= 0.3 is 5.51 Å². The minimum atomic E-state index is -4.23. The van der Waals surface area contributed by atoms with Crippen LogP contribution in [0.15, 0.2) is 18.2 Å². The standard InChI is InChI=1S/C11H13F3O2S/c1-8-2-3-10(9(6-8)7-15)16-4-5-17-11(12,13)14/h2-3,6,15H,4-5,7H2,1H3. The third-order valence-corrected chi connectivity index (χ3v) is 2.69. The van der Waals surface area contributed by atoms with E-state index in [1.54, 1.807) is 18.2 Å². The summed E-state index contributed by atoms with van der Waals surface area (Å²) in [6, 6.07) is 5.18. The molecule has 96 valence electrons. The van der Waals surface area contributed by atoms with Gasteiger partial charge in [0.25, 0.3) is 0 Å². The van der Waals surface area contributed by atoms with E-state index in [1.807, 2.05) is 6.92 Å². The Labute approximate surface area is 102 Å². The lowest BCUT2D eigenvalue weighted by molar-refractivity contribution is -0.0329. The molecule has 0 saturated heterocycles. The summed E-state index contributed by atoms with van der Waals surface area (Å²) < 4.78 is 40.7. The maximum absolute atomic E-state index is 11.8. The number of alkyl halides is 3. The number of aliphatic hydroxyl groups excluding tert-OH is 1. The zero-order valence-electron chi connectivity index (χ0n) is 9.25. The number of hydrogen-bond acceptors (Lipinski definition) is 3. The summed E-state index contributed by atoms with van der Waals surface area (Å²) in [5.41, 5.74) is -2.68. The SMILES string of the molecule is Cc1ccc(OCCSC(F)(F)F)c(CO)c1. The van der Waals surface area contributed by atoms with Gasteiger partial charge in [0.05, 0.1) is 13.2 Å². The van der Waals surface area contributed by atoms with E-state index in [1.165, 1.54) is 0 Å². The van der Waals surface area contributed by atoms with Gasteiger partial charge in [-0.05, 0) is 24.8 Å². The molecular weight excluding hydrogens is 253 g/mol. The van der Waals surface area contributed by atoms with Gasteiger partial charge in [0.15, 0.2) is 0 Å². The van der Waals surface area contributed by atoms with E-state index in [4.69, 9.17) is 9.84 Å². The second-order valence-electron chi connectivity index (χ2n) is 3.41. The summed E-state index contributed by atoms with van der Waals surface area (Å²) in [6.45, 7) is 1.63. The molecule has 6 heteroatoms. The van der Waals surface area contributed by atoms with Gasteiger partial charge < -0.3 is 9.84 Å². The van der Waals surface area contributed by atoms with E-state index in [0.29, 0.717) is 11.3 Å². The van der Waals surface area contributed by atoms with Crippen molar-refractivity contribution in [1.82, 2.24) is 0 Å². The lowest BCUT2D eigenvalue weighted by Gasteiger charge is -2.11. The van der Waals surface area contributed by atoms with E-state index < -0.39 is 5.51 Å². The Balaban J connectivity index is 2.46. The van der Waals surface area contributed by atoms with Gasteiger partial charge in [-0.25, -0.2) is 0 Å². The molecule has 0 spiro atoms. The van der Waals surface area contributed by atoms with Gasteiger partial charge in [-0.2, -0.15) is 13.2 Å². The van der Waals surface area contributed by atoms with Gasteiger partial charge in [-0.3, -0.25) is 0 Å². The summed E-state index contributed by atoms with van der Waals surface area (Å²) in [5, 5.41) is 9.06. The van der Waals surface area contributed by atoms with Crippen LogP contribution in [0.2, 0.25) is 0 Å². The number of aliphatic hydroxyl groups is 1. The van der Waals surface area contributed by atoms with Crippen molar-refractivity contribution in [3.63, 3.8) is 0 Å². The molecule has 17 heavy (non-hydrogen) atoms. The Bertz CT molecular complexity index is 366. The fourth-order valence-electron chi connectivity index (χ4n) is 1.28. The highest BCUT2D eigenvalue weighted by molar-refractivity contribution is 8.00. The van der Waals surface area contributed by atoms with E-state index in [0.717, 1.165) is 5.56 Å². The van der Waals surface area contributed by atoms with Crippen LogP contribution in [-0.4, -0.2) is 23.0 Å². The van der Waals surface area contributed by atoms with E-state index in [2.05, 4.69) is 0 Å². The van der Waals surface area contributed by atoms with Crippen LogP contribution in [0.4, 0.5) is 13.2 Å². The van der Waals surface area contributed by atoms with Crippen LogP contribution in [0, 0.1) is 6.92 Å². The molecule has 0 heterocycles. The molecule has 2 nitrogen and oxygen atoms in total. The van der Waals surface area contributed by atoms with Crippen molar-refractivity contribution in [2.75, 3.05) is 12.4 Å². The normalized spacial score (nSPS) is 11.6. The number of halogens is 3. The van der Waals surface area contributed by atoms with Crippen LogP contribution in [0.25, 0.3) is 0 Å². The number of rotatable bonds is 5. The van der Waals surface area contributed by atoms with Gasteiger partial charge in [0.2, 0.25) is 0 Å². The number of benzene rings is 1. The largest absolute Gasteiger partial charge is 0.492 e. The van der Waals surface area contributed by atoms with Crippen molar-refractivity contribution >= 4 is 11.8 Å². The van der Waals surface area contributed by atoms with Crippen molar-refractivity contribution < 1.29 is 23.0 Å². The molecule has 0 atom stereocenters. The molecule has 0 radical (unpaired) electrons. The highest BCUT2D eigenvalue weighted by atomic mass is 32.2. The molecular formula is C11H13F3O2S. The molecule has 0 aliphatic rings. The first-order valence-electron chi connectivity index (χ1n) is 4.96. The fraction of sp³-hybridized carbons (Fsp3) is 0.455. The summed E-state index contributed by atoms with van der Waals surface area (Å²) >= 11 is -0.118. The fourth-order valence-corrected chi connectivity index (χ4v) is 1.68. The Morgan fingerprint density at radius 2 is 2.06 bits per heavy atom. The predicted molar refractivity (Wildman–Crippen MR) is 61.1 cm³/mol. The van der Waals surface area contributed by atoms with Crippen molar-refractivity contribution in [3.05, 3.63) is 29.3 Å². The van der Waals surface area contributed by atoms with Crippen molar-refractivity contribution in [2.45, 2.75) is 19.0 Å². The number of aryl methyl sites for hydroxylation is 1. The summed E-state index contributed by atoms with van der Waals surface area (Å²) in [5.74, 6) is 0.267. The van der Waals surface area contributed by atoms with E-state index >= 15 is 0 Å². The van der Waals surface area contributed by atoms with Gasteiger partial charge in [-0.1, -0.05) is 17.7 Å². The van der Waals surface area contributed by atoms with Crippen molar-refractivity contribution in [2.24, 2.45) is 0 Å². The average Bonchev–Trinajstić information content (AvgIpc) is 2.24. The maximum Gasteiger partial charge on any atom is 0.441 e. The van der Waals surface area contributed by atoms with Crippen LogP contribution in [0.5, 0.6) is 5.75 Å². The highest BCUT2D eigenvalue weighted by Crippen LogP contribution is 2.30. The number of thioether (sulfide) groups is 1. The van der Waals surface area contributed by atoms with Crippen molar-refractivity contribution in [1.29, 1.82) is 0 Å². The van der Waals surface area contributed by atoms with Gasteiger partial charge in [0, 0.05) is 11.3 Å². The second kappa shape index (κ2) is 6.16. The quantitative estimate of drug-likeness (QED) is 0.830. The highest BCUT2D eigenvalue weighted by Gasteiger charge is 2.27. The monoisotopic (exact) mass is 266 g/mol. The summed E-state index contributed by atoms with van der Waals surface area (Å²) in [6.07, 6.45) is 0. The average molecular weight is 266 g/mol. The minimum absolute atomic E-state index is 0.0414. The lowest BCUT2D eigenvalue weighted by Crippen LogP contribution is -2.08. The molecule has 1 aromatic carbocycles. The lowest BCUT2D eigenvalue weighted by atomic mass is 10.1. The minimum Gasteiger partial charge on any atom is -0.492 e. The Morgan fingerprint density at radius 1 is 1.35 bits per heavy atom. The molecule has 0 amide bonds. The Morgan fingerprint density at radius 3 is 2.65 bits per heavy atom. The van der Waals surface area contributed by atoms with Gasteiger partial charge in [0.1, 0.15) is 5.75 Å². The number of hydrogen-bond donors (Lipinski definition) is 1. The van der Waals surface area contributed by atoms with Crippen LogP contribution in [0.3, 0.4) is 0 Å². The molecule has 0 unspecified atom stereocenters. The molecule has 1 N–H and O–H groups in total. The maximum atomic E-state index is 11.8. The van der Waals surface area contributed by atoms with Crippen LogP contribution < -0.4 is 4.74 Å². The topological polar surface area (TPSA) is 29.5 Å². The first-order valence-corrected chi connectivity index (χ1v) is 5.95. The molecule has 0 aliphatic heterocycles. The molecule has 0 fully saturated rings. The molecule has 0 bridgehead atoms. The second-order valence-corrected chi connectivity index (χ2v) is 4.57. The third kappa shape index (κ3) is 5.32.